The second kappa shape index (κ2) is 9.75. The Bertz CT molecular complexity index is 1340. The number of nitrogens with two attached hydrogens (primary N) is 2. The first-order valence-electron chi connectivity index (χ1n) is 11.9. The molecule has 4 rings (SSSR count). The zero-order chi connectivity index (χ0) is 25.2. The third-order valence-electron chi connectivity index (χ3n) is 6.87. The van der Waals surface area contributed by atoms with Crippen molar-refractivity contribution in [2.24, 2.45) is 0 Å². The van der Waals surface area contributed by atoms with E-state index in [1.165, 1.54) is 11.1 Å². The van der Waals surface area contributed by atoms with Crippen LogP contribution in [0.1, 0.15) is 48.9 Å². The highest BCUT2D eigenvalue weighted by Crippen LogP contribution is 2.41. The summed E-state index contributed by atoms with van der Waals surface area (Å²) in [7, 11) is 0. The molecule has 35 heavy (non-hydrogen) atoms. The van der Waals surface area contributed by atoms with Gasteiger partial charge in [-0.05, 0) is 83.8 Å². The third kappa shape index (κ3) is 5.43. The van der Waals surface area contributed by atoms with E-state index >= 15 is 0 Å². The van der Waals surface area contributed by atoms with E-state index in [1.54, 1.807) is 0 Å². The van der Waals surface area contributed by atoms with Gasteiger partial charge >= 0.3 is 0 Å². The molecule has 4 aromatic rings. The molecule has 0 saturated carbocycles. The van der Waals surface area contributed by atoms with E-state index in [4.69, 9.17) is 20.9 Å². The second-order valence-electron chi connectivity index (χ2n) is 9.80. The van der Waals surface area contributed by atoms with Crippen LogP contribution in [0.25, 0.3) is 0 Å². The van der Waals surface area contributed by atoms with Gasteiger partial charge in [0.2, 0.25) is 0 Å². The van der Waals surface area contributed by atoms with Gasteiger partial charge in [-0.25, -0.2) is 0 Å². The maximum atomic E-state index is 6.09. The zero-order valence-corrected chi connectivity index (χ0v) is 21.1. The fourth-order valence-corrected chi connectivity index (χ4v) is 4.30. The van der Waals surface area contributed by atoms with Crippen LogP contribution in [-0.4, -0.2) is 0 Å². The van der Waals surface area contributed by atoms with Crippen LogP contribution in [0.15, 0.2) is 84.9 Å². The Labute approximate surface area is 208 Å². The van der Waals surface area contributed by atoms with Crippen LogP contribution < -0.4 is 20.9 Å². The maximum absolute atomic E-state index is 6.09. The SMILES string of the molecule is Cc1cc(C(C)C(C)(C)c2ccc(Oc3cccc(N)c3)c(C)c2)ccc1Oc1cccc(N)c1. The maximum Gasteiger partial charge on any atom is 0.130 e. The largest absolute Gasteiger partial charge is 0.457 e. The molecule has 1 unspecified atom stereocenters. The fourth-order valence-electron chi connectivity index (χ4n) is 4.30. The van der Waals surface area contributed by atoms with Gasteiger partial charge in [-0.1, -0.05) is 57.2 Å². The van der Waals surface area contributed by atoms with Crippen molar-refractivity contribution in [2.45, 2.75) is 46.0 Å². The van der Waals surface area contributed by atoms with Crippen molar-refractivity contribution in [1.82, 2.24) is 0 Å². The average molecular weight is 467 g/mol. The summed E-state index contributed by atoms with van der Waals surface area (Å²) in [6.45, 7) is 11.0. The molecule has 0 radical (unpaired) electrons. The van der Waals surface area contributed by atoms with Crippen LogP contribution in [-0.2, 0) is 5.41 Å². The monoisotopic (exact) mass is 466 g/mol. The van der Waals surface area contributed by atoms with Gasteiger partial charge in [-0.15, -0.1) is 0 Å². The highest BCUT2D eigenvalue weighted by molar-refractivity contribution is 5.49. The standard InChI is InChI=1S/C31H34N2O2/c1-20-16-23(12-14-29(20)34-27-10-6-8-25(32)18-27)22(3)31(4,5)24-13-15-30(21(2)17-24)35-28-11-7-9-26(33)19-28/h6-19,22H,32-33H2,1-5H3. The minimum absolute atomic E-state index is 0.0941. The van der Waals surface area contributed by atoms with Crippen LogP contribution in [0.4, 0.5) is 11.4 Å². The van der Waals surface area contributed by atoms with Gasteiger partial charge in [0, 0.05) is 23.5 Å². The molecule has 0 saturated heterocycles. The first-order valence-corrected chi connectivity index (χ1v) is 11.9. The van der Waals surface area contributed by atoms with Crippen LogP contribution in [0.2, 0.25) is 0 Å². The van der Waals surface area contributed by atoms with Gasteiger partial charge in [0.1, 0.15) is 23.0 Å². The number of benzene rings is 4. The van der Waals surface area contributed by atoms with Crippen molar-refractivity contribution in [3.8, 4) is 23.0 Å². The topological polar surface area (TPSA) is 70.5 Å². The first-order chi connectivity index (χ1) is 16.6. The molecule has 0 heterocycles. The Balaban J connectivity index is 1.54. The number of hydrogen-bond acceptors (Lipinski definition) is 4. The van der Waals surface area contributed by atoms with Crippen molar-refractivity contribution < 1.29 is 9.47 Å². The summed E-state index contributed by atoms with van der Waals surface area (Å²) in [5, 5.41) is 0. The average Bonchev–Trinajstić information content (AvgIpc) is 2.81. The lowest BCUT2D eigenvalue weighted by Gasteiger charge is -2.34. The van der Waals surface area contributed by atoms with Crippen molar-refractivity contribution in [3.63, 3.8) is 0 Å². The molecule has 4 nitrogen and oxygen atoms in total. The summed E-state index contributed by atoms with van der Waals surface area (Å²) >= 11 is 0. The molecule has 0 aliphatic heterocycles. The van der Waals surface area contributed by atoms with Crippen molar-refractivity contribution >= 4 is 11.4 Å². The lowest BCUT2D eigenvalue weighted by atomic mass is 9.71. The number of rotatable bonds is 7. The summed E-state index contributed by atoms with van der Waals surface area (Å²) in [5.41, 5.74) is 17.8. The summed E-state index contributed by atoms with van der Waals surface area (Å²) in [5.74, 6) is 3.43. The lowest BCUT2D eigenvalue weighted by molar-refractivity contribution is 0.432. The van der Waals surface area contributed by atoms with E-state index in [0.29, 0.717) is 11.4 Å². The summed E-state index contributed by atoms with van der Waals surface area (Å²) < 4.78 is 12.2. The first kappa shape index (κ1) is 24.2. The Kier molecular flexibility index (Phi) is 6.74. The predicted octanol–water partition coefficient (Wildman–Crippen LogP) is 8.13. The van der Waals surface area contributed by atoms with E-state index in [9.17, 15) is 0 Å². The third-order valence-corrected chi connectivity index (χ3v) is 6.87. The van der Waals surface area contributed by atoms with Gasteiger partial charge in [-0.2, -0.15) is 0 Å². The van der Waals surface area contributed by atoms with Crippen molar-refractivity contribution in [3.05, 3.63) is 107 Å². The summed E-state index contributed by atoms with van der Waals surface area (Å²) in [6.07, 6.45) is 0. The van der Waals surface area contributed by atoms with Gasteiger partial charge in [0.25, 0.3) is 0 Å². The lowest BCUT2D eigenvalue weighted by Crippen LogP contribution is -2.25. The van der Waals surface area contributed by atoms with Crippen LogP contribution in [0, 0.1) is 13.8 Å². The van der Waals surface area contributed by atoms with Crippen molar-refractivity contribution in [1.29, 1.82) is 0 Å². The Morgan fingerprint density at radius 1 is 0.657 bits per heavy atom. The summed E-state index contributed by atoms with van der Waals surface area (Å²) in [4.78, 5) is 0. The zero-order valence-electron chi connectivity index (χ0n) is 21.1. The van der Waals surface area contributed by atoms with E-state index < -0.39 is 0 Å². The van der Waals surface area contributed by atoms with E-state index in [-0.39, 0.29) is 11.3 Å². The highest BCUT2D eigenvalue weighted by atomic mass is 16.5. The Hall–Kier alpha value is -3.92. The molecule has 4 aromatic carbocycles. The molecule has 4 heteroatoms. The number of nitrogen functional groups attached to an aromatic ring is 2. The molecule has 0 amide bonds. The van der Waals surface area contributed by atoms with E-state index in [0.717, 1.165) is 34.1 Å². The minimum Gasteiger partial charge on any atom is -0.457 e. The van der Waals surface area contributed by atoms with Gasteiger partial charge in [0.15, 0.2) is 0 Å². The van der Waals surface area contributed by atoms with Crippen LogP contribution in [0.3, 0.4) is 0 Å². The predicted molar refractivity (Wildman–Crippen MR) is 146 cm³/mol. The number of anilines is 2. The Morgan fingerprint density at radius 2 is 1.17 bits per heavy atom. The molecule has 4 N–H and O–H groups in total. The molecule has 1 atom stereocenters. The number of ether oxygens (including phenoxy) is 2. The molecule has 180 valence electrons. The van der Waals surface area contributed by atoms with Crippen LogP contribution >= 0.6 is 0 Å². The van der Waals surface area contributed by atoms with Gasteiger partial charge < -0.3 is 20.9 Å². The van der Waals surface area contributed by atoms with E-state index in [1.807, 2.05) is 54.6 Å². The second-order valence-corrected chi connectivity index (χ2v) is 9.80. The highest BCUT2D eigenvalue weighted by Gasteiger charge is 2.30. The number of hydrogen-bond donors (Lipinski definition) is 2. The molecule has 0 aliphatic rings. The molecular formula is C31H34N2O2. The number of aryl methyl sites for hydroxylation is 2. The molecule has 0 bridgehead atoms. The smallest absolute Gasteiger partial charge is 0.130 e. The van der Waals surface area contributed by atoms with Gasteiger partial charge in [-0.3, -0.25) is 0 Å². The molecule has 0 spiro atoms. The van der Waals surface area contributed by atoms with Gasteiger partial charge in [0.05, 0.1) is 0 Å². The molecular weight excluding hydrogens is 432 g/mol. The van der Waals surface area contributed by atoms with Crippen molar-refractivity contribution in [2.75, 3.05) is 11.5 Å². The quantitative estimate of drug-likeness (QED) is 0.270. The fraction of sp³-hybridized carbons (Fsp3) is 0.226. The molecule has 0 fully saturated rings. The van der Waals surface area contributed by atoms with Crippen LogP contribution in [0.5, 0.6) is 23.0 Å². The normalized spacial score (nSPS) is 12.3. The summed E-state index contributed by atoms with van der Waals surface area (Å²) in [6, 6.07) is 27.9. The van der Waals surface area contributed by atoms with E-state index in [2.05, 4.69) is 65.0 Å². The molecule has 0 aliphatic carbocycles. The Morgan fingerprint density at radius 3 is 1.66 bits per heavy atom. The minimum atomic E-state index is -0.0941. The molecule has 0 aromatic heterocycles.